The molecule has 0 aliphatic heterocycles. The monoisotopic (exact) mass is 845 g/mol. The molecule has 2 aromatic rings. The summed E-state index contributed by atoms with van der Waals surface area (Å²) in [6.45, 7) is 37.2. The number of rotatable bonds is 33. The number of nitrogens with zero attached hydrogens (tertiary/aromatic N) is 6. The van der Waals surface area contributed by atoms with Gasteiger partial charge < -0.3 is 38.9 Å². The zero-order chi connectivity index (χ0) is 42.7. The van der Waals surface area contributed by atoms with Crippen molar-refractivity contribution >= 4 is 33.4 Å². The Balaban J connectivity index is 2.50. The molecule has 0 unspecified atom stereocenters. The van der Waals surface area contributed by atoms with Crippen LogP contribution in [0.25, 0.3) is 0 Å². The van der Waals surface area contributed by atoms with Gasteiger partial charge in [0.2, 0.25) is 0 Å². The van der Waals surface area contributed by atoms with Gasteiger partial charge in [-0.1, -0.05) is 77.0 Å². The fraction of sp³-hybridized carbons (Fsp3) is 0.696. The van der Waals surface area contributed by atoms with Gasteiger partial charge in [-0.15, -0.1) is 0 Å². The average molecular weight is 845 g/mol. The maximum absolute atomic E-state index is 14.6. The first-order valence-electron chi connectivity index (χ1n) is 22.5. The van der Waals surface area contributed by atoms with Crippen molar-refractivity contribution in [3.63, 3.8) is 0 Å². The van der Waals surface area contributed by atoms with E-state index in [2.05, 4.69) is 84.8 Å². The molecular weight excluding hydrogens is 765 g/mol. The molecule has 0 fully saturated rings. The largest absolute Gasteiger partial charge is 0.494 e. The van der Waals surface area contributed by atoms with E-state index in [9.17, 15) is 9.59 Å². The summed E-state index contributed by atoms with van der Waals surface area (Å²) in [6, 6.07) is 11.6. The SMILES string of the molecule is CCOc1ccc(C(=O)N(CCCN(CC)CC)CCCN(CC)CC)c(SSc2cc(OCC)ccc2C(=O)N(CCCN(CC)CC)CCCN(CC)CC)c1. The van der Waals surface area contributed by atoms with E-state index in [-0.39, 0.29) is 11.8 Å². The molecule has 0 N–H and O–H groups in total. The minimum atomic E-state index is 0.0391. The molecule has 0 bridgehead atoms. The van der Waals surface area contributed by atoms with Gasteiger partial charge in [0.1, 0.15) is 11.5 Å². The summed E-state index contributed by atoms with van der Waals surface area (Å²) in [4.78, 5) is 44.6. The first kappa shape index (κ1) is 51.7. The smallest absolute Gasteiger partial charge is 0.255 e. The molecule has 0 spiro atoms. The van der Waals surface area contributed by atoms with Crippen molar-refractivity contribution in [1.82, 2.24) is 29.4 Å². The molecule has 0 aliphatic rings. The zero-order valence-electron chi connectivity index (χ0n) is 38.2. The van der Waals surface area contributed by atoms with Crippen LogP contribution in [0.15, 0.2) is 46.2 Å². The second kappa shape index (κ2) is 30.5. The number of hydrogen-bond donors (Lipinski definition) is 0. The van der Waals surface area contributed by atoms with Crippen LogP contribution in [0, 0.1) is 0 Å². The highest BCUT2D eigenvalue weighted by Gasteiger charge is 2.24. The molecule has 12 heteroatoms. The molecule has 0 aliphatic carbocycles. The molecule has 58 heavy (non-hydrogen) atoms. The Hall–Kier alpha value is -2.48. The van der Waals surface area contributed by atoms with Gasteiger partial charge in [0, 0.05) is 36.0 Å². The normalized spacial score (nSPS) is 11.6. The Labute approximate surface area is 362 Å². The van der Waals surface area contributed by atoms with Crippen LogP contribution in [0.2, 0.25) is 0 Å². The third kappa shape index (κ3) is 18.0. The minimum Gasteiger partial charge on any atom is -0.494 e. The lowest BCUT2D eigenvalue weighted by Crippen LogP contribution is -2.37. The van der Waals surface area contributed by atoms with E-state index in [1.165, 1.54) is 21.6 Å². The maximum Gasteiger partial charge on any atom is 0.255 e. The van der Waals surface area contributed by atoms with E-state index in [0.29, 0.717) is 50.5 Å². The lowest BCUT2D eigenvalue weighted by molar-refractivity contribution is 0.0729. The Morgan fingerprint density at radius 1 is 0.431 bits per heavy atom. The summed E-state index contributed by atoms with van der Waals surface area (Å²) < 4.78 is 11.9. The van der Waals surface area contributed by atoms with Crippen molar-refractivity contribution in [2.45, 2.75) is 105 Å². The van der Waals surface area contributed by atoms with Crippen LogP contribution in [-0.4, -0.2) is 159 Å². The Kier molecular flexibility index (Phi) is 27.2. The molecule has 0 aromatic heterocycles. The molecule has 0 saturated carbocycles. The summed E-state index contributed by atoms with van der Waals surface area (Å²) in [6.07, 6.45) is 3.68. The Morgan fingerprint density at radius 3 is 0.948 bits per heavy atom. The predicted molar refractivity (Wildman–Crippen MR) is 248 cm³/mol. The van der Waals surface area contributed by atoms with Crippen molar-refractivity contribution in [3.8, 4) is 11.5 Å². The Morgan fingerprint density at radius 2 is 0.707 bits per heavy atom. The molecule has 0 radical (unpaired) electrons. The molecule has 2 amide bonds. The standard InChI is InChI=1S/C46H80N6O4S2/c1-11-47(12-2)29-21-33-51(34-22-30-48(13-3)14-4)45(53)41-27-25-39(55-19-9)37-43(41)57-58-44-38-40(56-20-10)26-28-42(44)46(54)52(35-23-31-49(15-5)16-6)36-24-32-50(17-7)18-8/h25-28,37-38H,11-24,29-36H2,1-10H3. The van der Waals surface area contributed by atoms with Crippen molar-refractivity contribution in [3.05, 3.63) is 47.5 Å². The second-order valence-electron chi connectivity index (χ2n) is 14.5. The van der Waals surface area contributed by atoms with Gasteiger partial charge in [0.25, 0.3) is 11.8 Å². The second-order valence-corrected chi connectivity index (χ2v) is 16.7. The number of ether oxygens (including phenoxy) is 2. The lowest BCUT2D eigenvalue weighted by atomic mass is 10.1. The highest BCUT2D eigenvalue weighted by molar-refractivity contribution is 8.76. The molecule has 2 aromatic carbocycles. The molecule has 330 valence electrons. The molecule has 0 saturated heterocycles. The third-order valence-electron chi connectivity index (χ3n) is 11.0. The van der Waals surface area contributed by atoms with Gasteiger partial charge in [-0.25, -0.2) is 0 Å². The topological polar surface area (TPSA) is 72.0 Å². The van der Waals surface area contributed by atoms with Gasteiger partial charge in [-0.05, 0) is 154 Å². The summed E-state index contributed by atoms with van der Waals surface area (Å²) in [5.74, 6) is 1.53. The van der Waals surface area contributed by atoms with E-state index in [4.69, 9.17) is 9.47 Å². The Bertz CT molecular complexity index is 1280. The molecule has 0 atom stereocenters. The average Bonchev–Trinajstić information content (AvgIpc) is 3.24. The van der Waals surface area contributed by atoms with Gasteiger partial charge in [-0.2, -0.15) is 0 Å². The number of carbonyl (C=O) groups excluding carboxylic acids is 2. The molecule has 0 heterocycles. The number of benzene rings is 2. The van der Waals surface area contributed by atoms with Crippen molar-refractivity contribution in [2.24, 2.45) is 0 Å². The van der Waals surface area contributed by atoms with Crippen LogP contribution in [0.4, 0.5) is 0 Å². The van der Waals surface area contributed by atoms with E-state index in [0.717, 1.165) is 126 Å². The van der Waals surface area contributed by atoms with E-state index in [1.807, 2.05) is 50.2 Å². The quantitative estimate of drug-likeness (QED) is 0.0651. The number of hydrogen-bond acceptors (Lipinski definition) is 10. The van der Waals surface area contributed by atoms with Gasteiger partial charge in [0.15, 0.2) is 0 Å². The fourth-order valence-electron chi connectivity index (χ4n) is 7.17. The third-order valence-corrected chi connectivity index (χ3v) is 13.4. The van der Waals surface area contributed by atoms with Crippen LogP contribution in [-0.2, 0) is 0 Å². The van der Waals surface area contributed by atoms with E-state index in [1.54, 1.807) is 0 Å². The molecule has 2 rings (SSSR count). The highest BCUT2D eigenvalue weighted by atomic mass is 33.1. The lowest BCUT2D eigenvalue weighted by Gasteiger charge is -2.27. The summed E-state index contributed by atoms with van der Waals surface area (Å²) in [5, 5.41) is 0. The van der Waals surface area contributed by atoms with Crippen LogP contribution in [0.3, 0.4) is 0 Å². The van der Waals surface area contributed by atoms with Crippen LogP contribution < -0.4 is 9.47 Å². The van der Waals surface area contributed by atoms with Crippen LogP contribution in [0.5, 0.6) is 11.5 Å². The fourth-order valence-corrected chi connectivity index (χ4v) is 9.53. The molecule has 10 nitrogen and oxygen atoms in total. The maximum atomic E-state index is 14.6. The molecular formula is C46H80N6O4S2. The summed E-state index contributed by atoms with van der Waals surface area (Å²) in [7, 11) is 3.03. The summed E-state index contributed by atoms with van der Waals surface area (Å²) in [5.41, 5.74) is 1.32. The van der Waals surface area contributed by atoms with Gasteiger partial charge in [0.05, 0.1) is 24.3 Å². The van der Waals surface area contributed by atoms with Crippen molar-refractivity contribution in [1.29, 1.82) is 0 Å². The van der Waals surface area contributed by atoms with Crippen LogP contribution >= 0.6 is 21.6 Å². The van der Waals surface area contributed by atoms with E-state index < -0.39 is 0 Å². The minimum absolute atomic E-state index is 0.0391. The predicted octanol–water partition coefficient (Wildman–Crippen LogP) is 9.10. The number of amides is 2. The van der Waals surface area contributed by atoms with Gasteiger partial charge in [-0.3, -0.25) is 9.59 Å². The van der Waals surface area contributed by atoms with Crippen molar-refractivity contribution < 1.29 is 19.1 Å². The van der Waals surface area contributed by atoms with E-state index >= 15 is 0 Å². The first-order valence-corrected chi connectivity index (χ1v) is 24.7. The highest BCUT2D eigenvalue weighted by Crippen LogP contribution is 2.43. The zero-order valence-corrected chi connectivity index (χ0v) is 39.8. The van der Waals surface area contributed by atoms with Crippen molar-refractivity contribution in [2.75, 3.05) is 118 Å². The first-order chi connectivity index (χ1) is 28.2. The summed E-state index contributed by atoms with van der Waals surface area (Å²) >= 11 is 0. The van der Waals surface area contributed by atoms with Gasteiger partial charge >= 0.3 is 0 Å². The number of carbonyl (C=O) groups is 2. The van der Waals surface area contributed by atoms with Crippen LogP contribution in [0.1, 0.15) is 116 Å².